The van der Waals surface area contributed by atoms with Gasteiger partial charge in [-0.3, -0.25) is 4.98 Å². The van der Waals surface area contributed by atoms with Gasteiger partial charge in [0.05, 0.1) is 11.1 Å². The number of carboxylic acid groups (broad SMARTS) is 1. The molecule has 5 heteroatoms. The summed E-state index contributed by atoms with van der Waals surface area (Å²) in [4.78, 5) is 15.0. The van der Waals surface area contributed by atoms with Gasteiger partial charge in [0.15, 0.2) is 11.6 Å². The van der Waals surface area contributed by atoms with Crippen LogP contribution in [-0.2, 0) is 0 Å². The van der Waals surface area contributed by atoms with Gasteiger partial charge in [-0.25, -0.2) is 9.18 Å². The fraction of sp³-hybridized carbons (Fsp3) is 0. The Morgan fingerprint density at radius 1 is 1.10 bits per heavy atom. The van der Waals surface area contributed by atoms with Crippen LogP contribution in [0.25, 0.3) is 10.9 Å². The molecule has 2 aromatic carbocycles. The number of ether oxygens (including phenoxy) is 1. The van der Waals surface area contributed by atoms with Gasteiger partial charge in [-0.05, 0) is 42.5 Å². The first kappa shape index (κ1) is 13.1. The monoisotopic (exact) mass is 283 g/mol. The second-order valence-corrected chi connectivity index (χ2v) is 4.38. The first-order valence-corrected chi connectivity index (χ1v) is 6.19. The van der Waals surface area contributed by atoms with Crippen molar-refractivity contribution < 1.29 is 19.0 Å². The van der Waals surface area contributed by atoms with Crippen LogP contribution in [0.2, 0.25) is 0 Å². The molecule has 3 rings (SSSR count). The predicted octanol–water partition coefficient (Wildman–Crippen LogP) is 3.86. The first-order valence-electron chi connectivity index (χ1n) is 6.19. The molecule has 0 aliphatic carbocycles. The molecular formula is C16H10FNO3. The molecule has 0 saturated carbocycles. The van der Waals surface area contributed by atoms with Crippen molar-refractivity contribution in [2.45, 2.75) is 0 Å². The highest BCUT2D eigenvalue weighted by atomic mass is 19.1. The molecule has 1 heterocycles. The zero-order valence-electron chi connectivity index (χ0n) is 10.8. The van der Waals surface area contributed by atoms with Crippen LogP contribution in [0.4, 0.5) is 4.39 Å². The number of pyridine rings is 1. The van der Waals surface area contributed by atoms with Crippen LogP contribution < -0.4 is 4.74 Å². The molecule has 0 bridgehead atoms. The third-order valence-corrected chi connectivity index (χ3v) is 3.00. The lowest BCUT2D eigenvalue weighted by molar-refractivity contribution is 0.0696. The highest BCUT2D eigenvalue weighted by Gasteiger charge is 2.11. The normalized spacial score (nSPS) is 10.5. The molecule has 0 aliphatic rings. The molecular weight excluding hydrogens is 273 g/mol. The Bertz CT molecular complexity index is 827. The highest BCUT2D eigenvalue weighted by molar-refractivity contribution is 5.88. The van der Waals surface area contributed by atoms with Gasteiger partial charge in [-0.2, -0.15) is 0 Å². The molecule has 0 spiro atoms. The summed E-state index contributed by atoms with van der Waals surface area (Å²) in [6.07, 6.45) is 1.66. The van der Waals surface area contributed by atoms with Crippen molar-refractivity contribution in [2.75, 3.05) is 0 Å². The largest absolute Gasteiger partial charge is 0.478 e. The summed E-state index contributed by atoms with van der Waals surface area (Å²) in [5.74, 6) is -1.48. The minimum Gasteiger partial charge on any atom is -0.478 e. The molecule has 0 atom stereocenters. The molecule has 0 fully saturated rings. The fourth-order valence-corrected chi connectivity index (χ4v) is 2.00. The van der Waals surface area contributed by atoms with Crippen LogP contribution in [-0.4, -0.2) is 16.1 Å². The summed E-state index contributed by atoms with van der Waals surface area (Å²) >= 11 is 0. The first-order chi connectivity index (χ1) is 10.1. The Balaban J connectivity index is 2.01. The second kappa shape index (κ2) is 5.20. The lowest BCUT2D eigenvalue weighted by Crippen LogP contribution is -1.98. The average molecular weight is 283 g/mol. The number of aromatic nitrogens is 1. The number of aromatic carboxylic acids is 1. The van der Waals surface area contributed by atoms with E-state index in [9.17, 15) is 9.18 Å². The van der Waals surface area contributed by atoms with E-state index in [2.05, 4.69) is 4.98 Å². The molecule has 1 N–H and O–H groups in total. The predicted molar refractivity (Wildman–Crippen MR) is 75.2 cm³/mol. The van der Waals surface area contributed by atoms with Crippen LogP contribution >= 0.6 is 0 Å². The van der Waals surface area contributed by atoms with Crippen molar-refractivity contribution in [2.24, 2.45) is 0 Å². The van der Waals surface area contributed by atoms with E-state index in [-0.39, 0.29) is 11.3 Å². The average Bonchev–Trinajstić information content (AvgIpc) is 2.49. The number of halogens is 1. The molecule has 21 heavy (non-hydrogen) atoms. The number of hydrogen-bond acceptors (Lipinski definition) is 3. The van der Waals surface area contributed by atoms with Gasteiger partial charge in [0.1, 0.15) is 5.75 Å². The Morgan fingerprint density at radius 2 is 1.95 bits per heavy atom. The minimum absolute atomic E-state index is 0.0312. The Kier molecular flexibility index (Phi) is 3.23. The van der Waals surface area contributed by atoms with Crippen molar-refractivity contribution in [1.29, 1.82) is 0 Å². The molecule has 0 radical (unpaired) electrons. The van der Waals surface area contributed by atoms with Gasteiger partial charge in [0, 0.05) is 11.6 Å². The number of carbonyl (C=O) groups is 1. The topological polar surface area (TPSA) is 59.4 Å². The van der Waals surface area contributed by atoms with E-state index in [0.717, 1.165) is 17.0 Å². The Morgan fingerprint density at radius 3 is 2.71 bits per heavy atom. The Labute approximate surface area is 119 Å². The number of fused-ring (bicyclic) bond motifs is 1. The van der Waals surface area contributed by atoms with Crippen molar-refractivity contribution >= 4 is 16.9 Å². The summed E-state index contributed by atoms with van der Waals surface area (Å²) < 4.78 is 19.4. The van der Waals surface area contributed by atoms with E-state index >= 15 is 0 Å². The Hall–Kier alpha value is -2.95. The van der Waals surface area contributed by atoms with Crippen LogP contribution in [0, 0.1) is 5.82 Å². The molecule has 3 aromatic rings. The number of hydrogen-bond donors (Lipinski definition) is 1. The molecule has 0 saturated heterocycles. The van der Waals surface area contributed by atoms with E-state index in [1.54, 1.807) is 24.4 Å². The maximum atomic E-state index is 13.9. The van der Waals surface area contributed by atoms with E-state index in [4.69, 9.17) is 9.84 Å². The van der Waals surface area contributed by atoms with E-state index in [1.165, 1.54) is 12.1 Å². The lowest BCUT2D eigenvalue weighted by atomic mass is 10.2. The van der Waals surface area contributed by atoms with E-state index < -0.39 is 11.8 Å². The zero-order chi connectivity index (χ0) is 14.8. The third-order valence-electron chi connectivity index (χ3n) is 3.00. The summed E-state index contributed by atoms with van der Waals surface area (Å²) in [6, 6.07) is 12.4. The number of carboxylic acids is 1. The molecule has 0 unspecified atom stereocenters. The van der Waals surface area contributed by atoms with Gasteiger partial charge in [0.25, 0.3) is 0 Å². The molecule has 0 amide bonds. The summed E-state index contributed by atoms with van der Waals surface area (Å²) in [5.41, 5.74) is 0.608. The van der Waals surface area contributed by atoms with Crippen LogP contribution in [0.3, 0.4) is 0 Å². The van der Waals surface area contributed by atoms with Gasteiger partial charge in [-0.1, -0.05) is 6.07 Å². The van der Waals surface area contributed by atoms with Crippen LogP contribution in [0.15, 0.2) is 54.7 Å². The molecule has 104 valence electrons. The van der Waals surface area contributed by atoms with E-state index in [1.807, 2.05) is 12.1 Å². The third kappa shape index (κ3) is 2.53. The minimum atomic E-state index is -1.19. The smallest absolute Gasteiger partial charge is 0.335 e. The van der Waals surface area contributed by atoms with Crippen molar-refractivity contribution in [3.63, 3.8) is 0 Å². The van der Waals surface area contributed by atoms with Crippen LogP contribution in [0.1, 0.15) is 10.4 Å². The summed E-state index contributed by atoms with van der Waals surface area (Å²) in [7, 11) is 0. The standard InChI is InChI=1S/C16H10FNO3/c17-12-9-10(16(19)20)6-7-15(12)21-14-5-1-4-13-11(14)3-2-8-18-13/h1-9H,(H,19,20). The maximum Gasteiger partial charge on any atom is 0.335 e. The highest BCUT2D eigenvalue weighted by Crippen LogP contribution is 2.30. The summed E-state index contributed by atoms with van der Waals surface area (Å²) in [6.45, 7) is 0. The van der Waals surface area contributed by atoms with Gasteiger partial charge in [-0.15, -0.1) is 0 Å². The molecule has 1 aromatic heterocycles. The van der Waals surface area contributed by atoms with Crippen LogP contribution in [0.5, 0.6) is 11.5 Å². The zero-order valence-corrected chi connectivity index (χ0v) is 10.8. The van der Waals surface area contributed by atoms with Gasteiger partial charge < -0.3 is 9.84 Å². The SMILES string of the molecule is O=C(O)c1ccc(Oc2cccc3ncccc23)c(F)c1. The number of nitrogens with zero attached hydrogens (tertiary/aromatic N) is 1. The van der Waals surface area contributed by atoms with Gasteiger partial charge in [0.2, 0.25) is 0 Å². The second-order valence-electron chi connectivity index (χ2n) is 4.38. The van der Waals surface area contributed by atoms with Crippen molar-refractivity contribution in [3.8, 4) is 11.5 Å². The van der Waals surface area contributed by atoms with Gasteiger partial charge >= 0.3 is 5.97 Å². The van der Waals surface area contributed by atoms with Crippen molar-refractivity contribution in [1.82, 2.24) is 4.98 Å². The quantitative estimate of drug-likeness (QED) is 0.792. The maximum absolute atomic E-state index is 13.9. The number of benzene rings is 2. The lowest BCUT2D eigenvalue weighted by Gasteiger charge is -2.09. The van der Waals surface area contributed by atoms with E-state index in [0.29, 0.717) is 5.75 Å². The summed E-state index contributed by atoms with van der Waals surface area (Å²) in [5, 5.41) is 9.57. The molecule has 4 nitrogen and oxygen atoms in total. The number of rotatable bonds is 3. The van der Waals surface area contributed by atoms with Crippen molar-refractivity contribution in [3.05, 3.63) is 66.1 Å². The molecule has 0 aliphatic heterocycles. The fourth-order valence-electron chi connectivity index (χ4n) is 2.00.